The number of benzene rings is 1. The van der Waals surface area contributed by atoms with Crippen LogP contribution in [0.1, 0.15) is 31.2 Å². The lowest BCUT2D eigenvalue weighted by Gasteiger charge is -2.39. The van der Waals surface area contributed by atoms with Crippen LogP contribution in [0.5, 0.6) is 0 Å². The zero-order chi connectivity index (χ0) is 14.7. The molecule has 3 nitrogen and oxygen atoms in total. The molecule has 1 heterocycles. The molecule has 21 heavy (non-hydrogen) atoms. The highest BCUT2D eigenvalue weighted by atomic mass is 15.3. The first-order chi connectivity index (χ1) is 10.2. The Labute approximate surface area is 129 Å². The van der Waals surface area contributed by atoms with Crippen molar-refractivity contribution in [2.24, 2.45) is 11.7 Å². The predicted molar refractivity (Wildman–Crippen MR) is 89.8 cm³/mol. The van der Waals surface area contributed by atoms with Crippen LogP contribution in [0.15, 0.2) is 24.3 Å². The van der Waals surface area contributed by atoms with Crippen molar-refractivity contribution >= 4 is 5.69 Å². The summed E-state index contributed by atoms with van der Waals surface area (Å²) in [5, 5.41) is 0. The van der Waals surface area contributed by atoms with Crippen LogP contribution >= 0.6 is 0 Å². The van der Waals surface area contributed by atoms with Gasteiger partial charge in [0.05, 0.1) is 0 Å². The van der Waals surface area contributed by atoms with Crippen LogP contribution in [-0.2, 0) is 0 Å². The Morgan fingerprint density at radius 3 is 2.67 bits per heavy atom. The summed E-state index contributed by atoms with van der Waals surface area (Å²) in [7, 11) is 0. The van der Waals surface area contributed by atoms with E-state index in [4.69, 9.17) is 5.73 Å². The van der Waals surface area contributed by atoms with Crippen LogP contribution in [0.2, 0.25) is 0 Å². The van der Waals surface area contributed by atoms with E-state index in [0.29, 0.717) is 6.04 Å². The Balaban J connectivity index is 1.48. The quantitative estimate of drug-likeness (QED) is 0.927. The molecule has 1 aromatic carbocycles. The fourth-order valence-electron chi connectivity index (χ4n) is 3.88. The second kappa shape index (κ2) is 6.80. The molecule has 2 atom stereocenters. The Morgan fingerprint density at radius 2 is 1.95 bits per heavy atom. The van der Waals surface area contributed by atoms with E-state index in [1.165, 1.54) is 56.6 Å². The zero-order valence-corrected chi connectivity index (χ0v) is 13.3. The standard InChI is InChI=1S/C18H29N3/c1-15-4-2-7-18(12-15)21-10-8-20(9-11-21)14-16-5-3-6-17(19)13-16/h2,4,7,12,16-17H,3,5-6,8-11,13-14,19H2,1H3. The predicted octanol–water partition coefficient (Wildman–Crippen LogP) is 2.63. The number of hydrogen-bond acceptors (Lipinski definition) is 3. The van der Waals surface area contributed by atoms with Gasteiger partial charge in [0.1, 0.15) is 0 Å². The van der Waals surface area contributed by atoms with Crippen LogP contribution in [0.25, 0.3) is 0 Å². The molecule has 1 aromatic rings. The average Bonchev–Trinajstić information content (AvgIpc) is 2.48. The monoisotopic (exact) mass is 287 g/mol. The minimum atomic E-state index is 0.456. The van der Waals surface area contributed by atoms with E-state index in [1.54, 1.807) is 0 Å². The molecule has 1 aliphatic carbocycles. The molecule has 2 aliphatic rings. The van der Waals surface area contributed by atoms with E-state index < -0.39 is 0 Å². The number of piperazine rings is 1. The number of hydrogen-bond donors (Lipinski definition) is 1. The molecular formula is C18H29N3. The van der Waals surface area contributed by atoms with Gasteiger partial charge in [0.2, 0.25) is 0 Å². The molecule has 2 N–H and O–H groups in total. The third kappa shape index (κ3) is 3.98. The molecule has 116 valence electrons. The first kappa shape index (κ1) is 14.9. The summed E-state index contributed by atoms with van der Waals surface area (Å²) in [6.07, 6.45) is 5.18. The van der Waals surface area contributed by atoms with Gasteiger partial charge in [0.15, 0.2) is 0 Å². The summed E-state index contributed by atoms with van der Waals surface area (Å²) in [5.74, 6) is 0.833. The fraction of sp³-hybridized carbons (Fsp3) is 0.667. The lowest BCUT2D eigenvalue weighted by Crippen LogP contribution is -2.48. The highest BCUT2D eigenvalue weighted by Gasteiger charge is 2.24. The molecule has 0 amide bonds. The van der Waals surface area contributed by atoms with E-state index in [0.717, 1.165) is 19.0 Å². The van der Waals surface area contributed by atoms with Crippen molar-refractivity contribution in [3.05, 3.63) is 29.8 Å². The van der Waals surface area contributed by atoms with Gasteiger partial charge in [0, 0.05) is 44.5 Å². The van der Waals surface area contributed by atoms with Crippen molar-refractivity contribution in [1.82, 2.24) is 4.90 Å². The van der Waals surface area contributed by atoms with Crippen molar-refractivity contribution in [3.63, 3.8) is 0 Å². The fourth-order valence-corrected chi connectivity index (χ4v) is 3.88. The largest absolute Gasteiger partial charge is 0.369 e. The Morgan fingerprint density at radius 1 is 1.14 bits per heavy atom. The molecule has 1 aliphatic heterocycles. The number of aryl methyl sites for hydroxylation is 1. The Hall–Kier alpha value is -1.06. The van der Waals surface area contributed by atoms with Gasteiger partial charge in [-0.15, -0.1) is 0 Å². The molecule has 0 bridgehead atoms. The third-order valence-electron chi connectivity index (χ3n) is 5.08. The Bertz CT molecular complexity index is 452. The highest BCUT2D eigenvalue weighted by Crippen LogP contribution is 2.25. The lowest BCUT2D eigenvalue weighted by atomic mass is 9.86. The van der Waals surface area contributed by atoms with Crippen molar-refractivity contribution in [3.8, 4) is 0 Å². The first-order valence-electron chi connectivity index (χ1n) is 8.50. The molecule has 2 fully saturated rings. The third-order valence-corrected chi connectivity index (χ3v) is 5.08. The smallest absolute Gasteiger partial charge is 0.0369 e. The molecule has 2 unspecified atom stereocenters. The molecular weight excluding hydrogens is 258 g/mol. The van der Waals surface area contributed by atoms with Gasteiger partial charge in [-0.2, -0.15) is 0 Å². The van der Waals surface area contributed by atoms with E-state index in [9.17, 15) is 0 Å². The van der Waals surface area contributed by atoms with Crippen LogP contribution in [0, 0.1) is 12.8 Å². The van der Waals surface area contributed by atoms with Crippen molar-refractivity contribution in [2.75, 3.05) is 37.6 Å². The van der Waals surface area contributed by atoms with E-state index in [1.807, 2.05) is 0 Å². The van der Waals surface area contributed by atoms with Gasteiger partial charge in [-0.25, -0.2) is 0 Å². The maximum atomic E-state index is 6.12. The SMILES string of the molecule is Cc1cccc(N2CCN(CC3CCCC(N)C3)CC2)c1. The molecule has 0 aromatic heterocycles. The van der Waals surface area contributed by atoms with Crippen LogP contribution in [0.3, 0.4) is 0 Å². The molecule has 1 saturated heterocycles. The first-order valence-corrected chi connectivity index (χ1v) is 8.50. The van der Waals surface area contributed by atoms with Crippen LogP contribution in [0.4, 0.5) is 5.69 Å². The van der Waals surface area contributed by atoms with Gasteiger partial charge < -0.3 is 10.6 Å². The molecule has 3 rings (SSSR count). The zero-order valence-electron chi connectivity index (χ0n) is 13.3. The second-order valence-corrected chi connectivity index (χ2v) is 6.92. The molecule has 0 radical (unpaired) electrons. The summed E-state index contributed by atoms with van der Waals surface area (Å²) < 4.78 is 0. The molecule has 3 heteroatoms. The maximum Gasteiger partial charge on any atom is 0.0369 e. The average molecular weight is 287 g/mol. The summed E-state index contributed by atoms with van der Waals surface area (Å²) in [4.78, 5) is 5.17. The van der Waals surface area contributed by atoms with E-state index in [-0.39, 0.29) is 0 Å². The molecule has 1 saturated carbocycles. The lowest BCUT2D eigenvalue weighted by molar-refractivity contribution is 0.184. The van der Waals surface area contributed by atoms with Gasteiger partial charge in [-0.1, -0.05) is 18.6 Å². The minimum absolute atomic E-state index is 0.456. The normalized spacial score (nSPS) is 27.8. The van der Waals surface area contributed by atoms with Gasteiger partial charge in [0.25, 0.3) is 0 Å². The number of nitrogens with zero attached hydrogens (tertiary/aromatic N) is 2. The van der Waals surface area contributed by atoms with E-state index in [2.05, 4.69) is 41.0 Å². The van der Waals surface area contributed by atoms with Crippen LogP contribution in [-0.4, -0.2) is 43.7 Å². The summed E-state index contributed by atoms with van der Waals surface area (Å²) >= 11 is 0. The van der Waals surface area contributed by atoms with Crippen molar-refractivity contribution < 1.29 is 0 Å². The summed E-state index contributed by atoms with van der Waals surface area (Å²) in [6, 6.07) is 9.34. The number of rotatable bonds is 3. The molecule has 0 spiro atoms. The van der Waals surface area contributed by atoms with Gasteiger partial charge >= 0.3 is 0 Å². The summed E-state index contributed by atoms with van der Waals surface area (Å²) in [5.41, 5.74) is 8.85. The van der Waals surface area contributed by atoms with Gasteiger partial charge in [-0.05, 0) is 49.8 Å². The van der Waals surface area contributed by atoms with Crippen LogP contribution < -0.4 is 10.6 Å². The van der Waals surface area contributed by atoms with E-state index >= 15 is 0 Å². The maximum absolute atomic E-state index is 6.12. The minimum Gasteiger partial charge on any atom is -0.369 e. The number of nitrogens with two attached hydrogens (primary N) is 1. The Kier molecular flexibility index (Phi) is 4.81. The highest BCUT2D eigenvalue weighted by molar-refractivity contribution is 5.48. The van der Waals surface area contributed by atoms with Crippen molar-refractivity contribution in [1.29, 1.82) is 0 Å². The van der Waals surface area contributed by atoms with Crippen molar-refractivity contribution in [2.45, 2.75) is 38.6 Å². The number of anilines is 1. The second-order valence-electron chi connectivity index (χ2n) is 6.92. The summed E-state index contributed by atoms with van der Waals surface area (Å²) in [6.45, 7) is 8.13. The van der Waals surface area contributed by atoms with Gasteiger partial charge in [-0.3, -0.25) is 4.90 Å². The topological polar surface area (TPSA) is 32.5 Å².